The first-order valence-electron chi connectivity index (χ1n) is 7.57. The van der Waals surface area contributed by atoms with Crippen molar-refractivity contribution in [2.45, 2.75) is 60.8 Å². The smallest absolute Gasteiger partial charge is 0.222 e. The van der Waals surface area contributed by atoms with E-state index in [-0.39, 0.29) is 11.3 Å². The van der Waals surface area contributed by atoms with Crippen molar-refractivity contribution in [3.05, 3.63) is 0 Å². The maximum Gasteiger partial charge on any atom is 0.222 e. The highest BCUT2D eigenvalue weighted by atomic mass is 32.1. The van der Waals surface area contributed by atoms with Gasteiger partial charge in [-0.1, -0.05) is 53.8 Å². The van der Waals surface area contributed by atoms with Crippen LogP contribution in [0.1, 0.15) is 60.8 Å². The lowest BCUT2D eigenvalue weighted by molar-refractivity contribution is -0.132. The molecule has 0 aromatic heterocycles. The van der Waals surface area contributed by atoms with Crippen molar-refractivity contribution in [1.29, 1.82) is 0 Å². The number of carbonyl (C=O) groups is 1. The summed E-state index contributed by atoms with van der Waals surface area (Å²) in [6.07, 6.45) is 2.28. The summed E-state index contributed by atoms with van der Waals surface area (Å²) in [6.45, 7) is 14.5. The van der Waals surface area contributed by atoms with Crippen LogP contribution in [-0.2, 0) is 4.79 Å². The predicted octanol–water partition coefficient (Wildman–Crippen LogP) is 3.61. The maximum absolute atomic E-state index is 12.4. The molecule has 0 rings (SSSR count). The lowest BCUT2D eigenvalue weighted by atomic mass is 9.84. The molecule has 0 aromatic rings. The van der Waals surface area contributed by atoms with Gasteiger partial charge in [-0.3, -0.25) is 4.79 Å². The third-order valence-corrected chi connectivity index (χ3v) is 3.25. The molecule has 0 aliphatic heterocycles. The first-order chi connectivity index (χ1) is 9.01. The minimum Gasteiger partial charge on any atom is -0.393 e. The molecule has 0 heterocycles. The van der Waals surface area contributed by atoms with Crippen LogP contribution in [0.2, 0.25) is 0 Å². The molecule has 0 aliphatic rings. The maximum atomic E-state index is 12.4. The molecule has 1 atom stereocenters. The van der Waals surface area contributed by atoms with Crippen molar-refractivity contribution < 1.29 is 4.79 Å². The SMILES string of the molecule is CC(C)CN(CCC(N)=S)C(=O)CC(C)CC(C)(C)C. The van der Waals surface area contributed by atoms with Crippen LogP contribution in [0.4, 0.5) is 0 Å². The van der Waals surface area contributed by atoms with Crippen LogP contribution in [0.5, 0.6) is 0 Å². The molecule has 0 aromatic carbocycles. The van der Waals surface area contributed by atoms with Crippen LogP contribution in [0, 0.1) is 17.3 Å². The number of nitrogens with two attached hydrogens (primary N) is 1. The summed E-state index contributed by atoms with van der Waals surface area (Å²) in [4.78, 5) is 14.8. The molecule has 0 fully saturated rings. The van der Waals surface area contributed by atoms with Crippen LogP contribution in [0.15, 0.2) is 0 Å². The highest BCUT2D eigenvalue weighted by Crippen LogP contribution is 2.26. The van der Waals surface area contributed by atoms with E-state index in [1.165, 1.54) is 0 Å². The molecule has 118 valence electrons. The van der Waals surface area contributed by atoms with Gasteiger partial charge in [0.2, 0.25) is 5.91 Å². The molecule has 3 nitrogen and oxygen atoms in total. The number of carbonyl (C=O) groups excluding carboxylic acids is 1. The second-order valence-corrected chi connectivity index (χ2v) is 8.05. The summed E-state index contributed by atoms with van der Waals surface area (Å²) in [5.74, 6) is 1.09. The number of amides is 1. The minimum atomic E-state index is 0.228. The lowest BCUT2D eigenvalue weighted by Gasteiger charge is -2.28. The van der Waals surface area contributed by atoms with Crippen molar-refractivity contribution in [3.63, 3.8) is 0 Å². The zero-order valence-electron chi connectivity index (χ0n) is 14.0. The fourth-order valence-electron chi connectivity index (χ4n) is 2.55. The van der Waals surface area contributed by atoms with Gasteiger partial charge in [0.05, 0.1) is 4.99 Å². The Bertz CT molecular complexity index is 321. The number of hydrogen-bond donors (Lipinski definition) is 1. The Kier molecular flexibility index (Phi) is 8.33. The zero-order chi connectivity index (χ0) is 15.9. The molecule has 0 spiro atoms. The van der Waals surface area contributed by atoms with Crippen LogP contribution < -0.4 is 5.73 Å². The van der Waals surface area contributed by atoms with Crippen LogP contribution in [-0.4, -0.2) is 28.9 Å². The van der Waals surface area contributed by atoms with E-state index in [0.717, 1.165) is 13.0 Å². The van der Waals surface area contributed by atoms with Gasteiger partial charge in [0, 0.05) is 25.9 Å². The topological polar surface area (TPSA) is 46.3 Å². The quantitative estimate of drug-likeness (QED) is 0.697. The Hall–Kier alpha value is -0.640. The van der Waals surface area contributed by atoms with Gasteiger partial charge in [0.25, 0.3) is 0 Å². The Morgan fingerprint density at radius 2 is 1.80 bits per heavy atom. The van der Waals surface area contributed by atoms with E-state index in [4.69, 9.17) is 18.0 Å². The summed E-state index contributed by atoms with van der Waals surface area (Å²) >= 11 is 4.91. The van der Waals surface area contributed by atoms with Gasteiger partial charge < -0.3 is 10.6 Å². The van der Waals surface area contributed by atoms with Crippen LogP contribution in [0.3, 0.4) is 0 Å². The van der Waals surface area contributed by atoms with E-state index in [1.54, 1.807) is 0 Å². The standard InChI is InChI=1S/C16H32N2OS/c1-12(2)11-18(8-7-14(17)20)15(19)9-13(3)10-16(4,5)6/h12-13H,7-11H2,1-6H3,(H2,17,20). The van der Waals surface area contributed by atoms with E-state index in [9.17, 15) is 4.79 Å². The van der Waals surface area contributed by atoms with Gasteiger partial charge in [-0.2, -0.15) is 0 Å². The highest BCUT2D eigenvalue weighted by Gasteiger charge is 2.21. The predicted molar refractivity (Wildman–Crippen MR) is 90.7 cm³/mol. The van der Waals surface area contributed by atoms with E-state index in [1.807, 2.05) is 4.90 Å². The lowest BCUT2D eigenvalue weighted by Crippen LogP contribution is -2.37. The Morgan fingerprint density at radius 1 is 1.25 bits per heavy atom. The summed E-state index contributed by atoms with van der Waals surface area (Å²) in [6, 6.07) is 0. The summed E-state index contributed by atoms with van der Waals surface area (Å²) in [5, 5.41) is 0. The largest absolute Gasteiger partial charge is 0.393 e. The molecule has 2 N–H and O–H groups in total. The van der Waals surface area contributed by atoms with E-state index in [2.05, 4.69) is 41.5 Å². The molecular formula is C16H32N2OS. The summed E-state index contributed by atoms with van der Waals surface area (Å²) in [5.41, 5.74) is 5.81. The molecule has 0 bridgehead atoms. The van der Waals surface area contributed by atoms with Gasteiger partial charge >= 0.3 is 0 Å². The van der Waals surface area contributed by atoms with E-state index >= 15 is 0 Å². The number of nitrogens with zero attached hydrogens (tertiary/aromatic N) is 1. The second-order valence-electron chi connectivity index (χ2n) is 7.52. The monoisotopic (exact) mass is 300 g/mol. The van der Waals surface area contributed by atoms with Gasteiger partial charge in [0.1, 0.15) is 0 Å². The molecule has 1 amide bonds. The first kappa shape index (κ1) is 19.4. The molecular weight excluding hydrogens is 268 g/mol. The highest BCUT2D eigenvalue weighted by molar-refractivity contribution is 7.80. The van der Waals surface area contributed by atoms with Crippen LogP contribution >= 0.6 is 12.2 Å². The Balaban J connectivity index is 4.49. The molecule has 1 unspecified atom stereocenters. The van der Waals surface area contributed by atoms with Crippen molar-refractivity contribution in [1.82, 2.24) is 4.90 Å². The van der Waals surface area contributed by atoms with E-state index < -0.39 is 0 Å². The second kappa shape index (κ2) is 8.60. The number of thiocarbonyl (C=S) groups is 1. The van der Waals surface area contributed by atoms with Crippen molar-refractivity contribution in [2.24, 2.45) is 23.0 Å². The van der Waals surface area contributed by atoms with Crippen LogP contribution in [0.25, 0.3) is 0 Å². The van der Waals surface area contributed by atoms with Gasteiger partial charge in [-0.05, 0) is 23.7 Å². The Labute approximate surface area is 130 Å². The van der Waals surface area contributed by atoms with Crippen molar-refractivity contribution in [3.8, 4) is 0 Å². The molecule has 0 saturated heterocycles. The van der Waals surface area contributed by atoms with Gasteiger partial charge in [0.15, 0.2) is 0 Å². The third-order valence-electron chi connectivity index (χ3n) is 3.05. The fourth-order valence-corrected chi connectivity index (χ4v) is 2.64. The first-order valence-corrected chi connectivity index (χ1v) is 7.98. The van der Waals surface area contributed by atoms with Crippen molar-refractivity contribution in [2.75, 3.05) is 13.1 Å². The molecule has 0 radical (unpaired) electrons. The number of rotatable bonds is 8. The number of hydrogen-bond acceptors (Lipinski definition) is 2. The molecule has 4 heteroatoms. The van der Waals surface area contributed by atoms with Gasteiger partial charge in [-0.25, -0.2) is 0 Å². The average Bonchev–Trinajstić information content (AvgIpc) is 2.20. The van der Waals surface area contributed by atoms with Gasteiger partial charge in [-0.15, -0.1) is 0 Å². The van der Waals surface area contributed by atoms with E-state index in [0.29, 0.717) is 36.2 Å². The normalized spacial score (nSPS) is 13.3. The fraction of sp³-hybridized carbons (Fsp3) is 0.875. The third kappa shape index (κ3) is 10.2. The minimum absolute atomic E-state index is 0.228. The van der Waals surface area contributed by atoms with Crippen molar-refractivity contribution >= 4 is 23.1 Å². The summed E-state index contributed by atoms with van der Waals surface area (Å²) < 4.78 is 0. The molecule has 20 heavy (non-hydrogen) atoms. The molecule has 0 aliphatic carbocycles. The summed E-state index contributed by atoms with van der Waals surface area (Å²) in [7, 11) is 0. The average molecular weight is 301 g/mol. The zero-order valence-corrected chi connectivity index (χ0v) is 14.8. The molecule has 0 saturated carbocycles. The Morgan fingerprint density at radius 3 is 2.20 bits per heavy atom.